The fraction of sp³-hybridized carbons (Fsp3) is 0.625. The standard InChI is InChI=1S/C8H13NO/c1-4-7-5-9-10-8(7)6(2)3/h5-6H,4H2,1-3H3. The van der Waals surface area contributed by atoms with Gasteiger partial charge in [0.25, 0.3) is 0 Å². The summed E-state index contributed by atoms with van der Waals surface area (Å²) >= 11 is 0. The number of nitrogens with zero attached hydrogens (tertiary/aromatic N) is 1. The predicted molar refractivity (Wildman–Crippen MR) is 40.0 cm³/mol. The van der Waals surface area contributed by atoms with Crippen LogP contribution in [0.25, 0.3) is 0 Å². The van der Waals surface area contributed by atoms with Crippen molar-refractivity contribution >= 4 is 0 Å². The minimum Gasteiger partial charge on any atom is -0.361 e. The average Bonchev–Trinajstić information content (AvgIpc) is 2.33. The average molecular weight is 139 g/mol. The number of hydrogen-bond acceptors (Lipinski definition) is 2. The summed E-state index contributed by atoms with van der Waals surface area (Å²) < 4.78 is 5.07. The third-order valence-corrected chi connectivity index (χ3v) is 1.58. The molecule has 0 radical (unpaired) electrons. The molecule has 1 heterocycles. The largest absolute Gasteiger partial charge is 0.361 e. The van der Waals surface area contributed by atoms with Gasteiger partial charge in [-0.2, -0.15) is 0 Å². The van der Waals surface area contributed by atoms with Crippen LogP contribution in [0.5, 0.6) is 0 Å². The van der Waals surface area contributed by atoms with Crippen molar-refractivity contribution < 1.29 is 4.52 Å². The van der Waals surface area contributed by atoms with E-state index < -0.39 is 0 Å². The zero-order valence-electron chi connectivity index (χ0n) is 6.72. The van der Waals surface area contributed by atoms with Gasteiger partial charge in [-0.05, 0) is 6.42 Å². The Labute approximate surface area is 61.2 Å². The van der Waals surface area contributed by atoms with Crippen LogP contribution in [0, 0.1) is 0 Å². The van der Waals surface area contributed by atoms with Crippen molar-refractivity contribution in [2.24, 2.45) is 0 Å². The molecule has 0 saturated heterocycles. The van der Waals surface area contributed by atoms with Crippen molar-refractivity contribution in [3.05, 3.63) is 17.5 Å². The SMILES string of the molecule is CCc1cnoc1C(C)C. The minimum atomic E-state index is 0.456. The van der Waals surface area contributed by atoms with E-state index in [2.05, 4.69) is 25.9 Å². The smallest absolute Gasteiger partial charge is 0.142 e. The van der Waals surface area contributed by atoms with Crippen molar-refractivity contribution in [2.75, 3.05) is 0 Å². The third kappa shape index (κ3) is 1.20. The van der Waals surface area contributed by atoms with E-state index in [-0.39, 0.29) is 0 Å². The summed E-state index contributed by atoms with van der Waals surface area (Å²) in [6, 6.07) is 0. The Kier molecular flexibility index (Phi) is 2.10. The van der Waals surface area contributed by atoms with Crippen LogP contribution in [-0.2, 0) is 6.42 Å². The molecule has 2 heteroatoms. The van der Waals surface area contributed by atoms with Crippen LogP contribution in [0.15, 0.2) is 10.7 Å². The van der Waals surface area contributed by atoms with Crippen molar-refractivity contribution in [1.82, 2.24) is 5.16 Å². The molecule has 1 aromatic rings. The fourth-order valence-corrected chi connectivity index (χ4v) is 1.01. The van der Waals surface area contributed by atoms with E-state index in [1.807, 2.05) is 0 Å². The maximum atomic E-state index is 5.07. The molecule has 2 nitrogen and oxygen atoms in total. The molecule has 1 rings (SSSR count). The first-order valence-electron chi connectivity index (χ1n) is 3.69. The van der Waals surface area contributed by atoms with Gasteiger partial charge in [-0.3, -0.25) is 0 Å². The molecule has 56 valence electrons. The quantitative estimate of drug-likeness (QED) is 0.628. The summed E-state index contributed by atoms with van der Waals surface area (Å²) in [6.07, 6.45) is 2.81. The molecule has 0 aromatic carbocycles. The summed E-state index contributed by atoms with van der Waals surface area (Å²) in [6.45, 7) is 6.33. The van der Waals surface area contributed by atoms with E-state index in [0.29, 0.717) is 5.92 Å². The van der Waals surface area contributed by atoms with Gasteiger partial charge in [0.05, 0.1) is 6.20 Å². The van der Waals surface area contributed by atoms with Crippen LogP contribution >= 0.6 is 0 Å². The van der Waals surface area contributed by atoms with Crippen LogP contribution in [0.1, 0.15) is 38.0 Å². The second kappa shape index (κ2) is 2.86. The van der Waals surface area contributed by atoms with Crippen LogP contribution in [-0.4, -0.2) is 5.16 Å². The number of aromatic nitrogens is 1. The van der Waals surface area contributed by atoms with E-state index in [1.165, 1.54) is 5.56 Å². The Morgan fingerprint density at radius 1 is 1.60 bits per heavy atom. The molecule has 0 saturated carbocycles. The zero-order chi connectivity index (χ0) is 7.56. The number of hydrogen-bond donors (Lipinski definition) is 0. The molecular formula is C8H13NO. The summed E-state index contributed by atoms with van der Waals surface area (Å²) in [5, 5.41) is 3.74. The van der Waals surface area contributed by atoms with E-state index in [0.717, 1.165) is 12.2 Å². The molecule has 0 aliphatic heterocycles. The van der Waals surface area contributed by atoms with Crippen molar-refractivity contribution in [3.63, 3.8) is 0 Å². The molecule has 0 fully saturated rings. The maximum Gasteiger partial charge on any atom is 0.142 e. The maximum absolute atomic E-state index is 5.07. The minimum absolute atomic E-state index is 0.456. The Morgan fingerprint density at radius 3 is 2.70 bits per heavy atom. The molecule has 0 bridgehead atoms. The van der Waals surface area contributed by atoms with Crippen LogP contribution < -0.4 is 0 Å². The van der Waals surface area contributed by atoms with Crippen LogP contribution in [0.2, 0.25) is 0 Å². The second-order valence-corrected chi connectivity index (χ2v) is 2.72. The Balaban J connectivity index is 2.90. The molecule has 10 heavy (non-hydrogen) atoms. The van der Waals surface area contributed by atoms with Gasteiger partial charge in [0.2, 0.25) is 0 Å². The summed E-state index contributed by atoms with van der Waals surface area (Å²) in [5.74, 6) is 1.49. The fourth-order valence-electron chi connectivity index (χ4n) is 1.01. The van der Waals surface area contributed by atoms with Crippen LogP contribution in [0.4, 0.5) is 0 Å². The van der Waals surface area contributed by atoms with Crippen molar-refractivity contribution in [3.8, 4) is 0 Å². The zero-order valence-corrected chi connectivity index (χ0v) is 6.72. The van der Waals surface area contributed by atoms with Crippen molar-refractivity contribution in [1.29, 1.82) is 0 Å². The molecule has 0 atom stereocenters. The van der Waals surface area contributed by atoms with Gasteiger partial charge in [-0.1, -0.05) is 25.9 Å². The van der Waals surface area contributed by atoms with E-state index in [1.54, 1.807) is 6.20 Å². The highest BCUT2D eigenvalue weighted by Gasteiger charge is 2.08. The highest BCUT2D eigenvalue weighted by atomic mass is 16.5. The molecule has 0 spiro atoms. The first-order valence-corrected chi connectivity index (χ1v) is 3.69. The number of rotatable bonds is 2. The predicted octanol–water partition coefficient (Wildman–Crippen LogP) is 2.36. The molecular weight excluding hydrogens is 126 g/mol. The van der Waals surface area contributed by atoms with Gasteiger partial charge < -0.3 is 4.52 Å². The lowest BCUT2D eigenvalue weighted by Crippen LogP contribution is -1.88. The van der Waals surface area contributed by atoms with Gasteiger partial charge in [-0.25, -0.2) is 0 Å². The summed E-state index contributed by atoms with van der Waals surface area (Å²) in [7, 11) is 0. The number of aryl methyl sites for hydroxylation is 1. The molecule has 0 amide bonds. The van der Waals surface area contributed by atoms with Crippen LogP contribution in [0.3, 0.4) is 0 Å². The monoisotopic (exact) mass is 139 g/mol. The Hall–Kier alpha value is -0.790. The van der Waals surface area contributed by atoms with Gasteiger partial charge >= 0.3 is 0 Å². The topological polar surface area (TPSA) is 26.0 Å². The second-order valence-electron chi connectivity index (χ2n) is 2.72. The molecule has 1 aromatic heterocycles. The third-order valence-electron chi connectivity index (χ3n) is 1.58. The summed E-state index contributed by atoms with van der Waals surface area (Å²) in [5.41, 5.74) is 1.23. The lowest BCUT2D eigenvalue weighted by Gasteiger charge is -1.99. The van der Waals surface area contributed by atoms with Gasteiger partial charge in [0.15, 0.2) is 0 Å². The Morgan fingerprint density at radius 2 is 2.30 bits per heavy atom. The lowest BCUT2D eigenvalue weighted by atomic mass is 10.1. The Bertz CT molecular complexity index is 203. The van der Waals surface area contributed by atoms with E-state index in [4.69, 9.17) is 4.52 Å². The highest BCUT2D eigenvalue weighted by Crippen LogP contribution is 2.18. The van der Waals surface area contributed by atoms with E-state index >= 15 is 0 Å². The first-order chi connectivity index (χ1) is 4.75. The lowest BCUT2D eigenvalue weighted by molar-refractivity contribution is 0.369. The molecule has 0 N–H and O–H groups in total. The molecule has 0 unspecified atom stereocenters. The van der Waals surface area contributed by atoms with Gasteiger partial charge in [0, 0.05) is 11.5 Å². The molecule has 0 aliphatic carbocycles. The van der Waals surface area contributed by atoms with Crippen molar-refractivity contribution in [2.45, 2.75) is 33.1 Å². The highest BCUT2D eigenvalue weighted by molar-refractivity contribution is 5.15. The van der Waals surface area contributed by atoms with Gasteiger partial charge in [0.1, 0.15) is 5.76 Å². The normalized spacial score (nSPS) is 10.8. The van der Waals surface area contributed by atoms with Gasteiger partial charge in [-0.15, -0.1) is 0 Å². The van der Waals surface area contributed by atoms with E-state index in [9.17, 15) is 0 Å². The molecule has 0 aliphatic rings. The summed E-state index contributed by atoms with van der Waals surface area (Å²) in [4.78, 5) is 0. The first kappa shape index (κ1) is 7.32.